The molecular formula is C21H33N3O2. The van der Waals surface area contributed by atoms with Crippen LogP contribution in [-0.4, -0.2) is 38.9 Å². The maximum Gasteiger partial charge on any atom is 0.191 e. The molecule has 1 aromatic rings. The van der Waals surface area contributed by atoms with Crippen LogP contribution in [0.4, 0.5) is 0 Å². The van der Waals surface area contributed by atoms with Gasteiger partial charge in [-0.15, -0.1) is 0 Å². The second kappa shape index (κ2) is 9.81. The summed E-state index contributed by atoms with van der Waals surface area (Å²) in [5.41, 5.74) is 2.35. The van der Waals surface area contributed by atoms with Crippen LogP contribution in [0.3, 0.4) is 0 Å². The molecule has 5 nitrogen and oxygen atoms in total. The Balaban J connectivity index is 1.47. The maximum atomic E-state index is 6.07. The zero-order valence-corrected chi connectivity index (χ0v) is 16.2. The minimum Gasteiger partial charge on any atom is -0.491 e. The summed E-state index contributed by atoms with van der Waals surface area (Å²) in [4.78, 5) is 4.33. The highest BCUT2D eigenvalue weighted by Gasteiger charge is 2.20. The molecule has 1 atom stereocenters. The Morgan fingerprint density at radius 2 is 2.15 bits per heavy atom. The number of benzene rings is 1. The van der Waals surface area contributed by atoms with Crippen molar-refractivity contribution in [3.05, 3.63) is 29.3 Å². The Morgan fingerprint density at radius 1 is 1.27 bits per heavy atom. The number of aryl methyl sites for hydroxylation is 1. The molecular weight excluding hydrogens is 326 g/mol. The molecule has 2 N–H and O–H groups in total. The van der Waals surface area contributed by atoms with E-state index >= 15 is 0 Å². The highest BCUT2D eigenvalue weighted by atomic mass is 16.5. The SMILES string of the molecule is CN=C(NCCCC1CC1)NCc1ccc(C)cc1OCC1CCCO1. The topological polar surface area (TPSA) is 54.9 Å². The number of hydrogen-bond acceptors (Lipinski definition) is 3. The van der Waals surface area contributed by atoms with Crippen LogP contribution in [-0.2, 0) is 11.3 Å². The molecule has 1 saturated heterocycles. The molecule has 0 aromatic heterocycles. The number of nitrogens with one attached hydrogen (secondary N) is 2. The normalized spacial score (nSPS) is 20.2. The molecule has 5 heteroatoms. The van der Waals surface area contributed by atoms with Gasteiger partial charge in [-0.2, -0.15) is 0 Å². The van der Waals surface area contributed by atoms with E-state index in [2.05, 4.69) is 40.7 Å². The predicted molar refractivity (Wildman–Crippen MR) is 106 cm³/mol. The molecule has 0 spiro atoms. The molecule has 2 aliphatic rings. The molecule has 2 fully saturated rings. The fourth-order valence-electron chi connectivity index (χ4n) is 3.30. The van der Waals surface area contributed by atoms with E-state index in [4.69, 9.17) is 9.47 Å². The van der Waals surface area contributed by atoms with Gasteiger partial charge in [0, 0.05) is 32.3 Å². The fourth-order valence-corrected chi connectivity index (χ4v) is 3.30. The average molecular weight is 360 g/mol. The van der Waals surface area contributed by atoms with E-state index in [0.717, 1.165) is 49.2 Å². The third-order valence-corrected chi connectivity index (χ3v) is 5.12. The number of guanidine groups is 1. The van der Waals surface area contributed by atoms with Gasteiger partial charge in [-0.3, -0.25) is 4.99 Å². The van der Waals surface area contributed by atoms with Crippen molar-refractivity contribution < 1.29 is 9.47 Å². The number of nitrogens with zero attached hydrogens (tertiary/aromatic N) is 1. The summed E-state index contributed by atoms with van der Waals surface area (Å²) in [6, 6.07) is 6.37. The van der Waals surface area contributed by atoms with Crippen molar-refractivity contribution in [3.63, 3.8) is 0 Å². The first-order chi connectivity index (χ1) is 12.7. The molecule has 144 valence electrons. The van der Waals surface area contributed by atoms with Crippen LogP contribution in [0.25, 0.3) is 0 Å². The van der Waals surface area contributed by atoms with Crippen molar-refractivity contribution in [1.29, 1.82) is 0 Å². The van der Waals surface area contributed by atoms with E-state index in [1.165, 1.54) is 31.2 Å². The molecule has 1 aliphatic heterocycles. The Morgan fingerprint density at radius 3 is 2.88 bits per heavy atom. The third kappa shape index (κ3) is 6.20. The third-order valence-electron chi connectivity index (χ3n) is 5.12. The molecule has 1 unspecified atom stereocenters. The van der Waals surface area contributed by atoms with Gasteiger partial charge in [0.15, 0.2) is 5.96 Å². The molecule has 0 amide bonds. The van der Waals surface area contributed by atoms with Gasteiger partial charge in [0.25, 0.3) is 0 Å². The summed E-state index contributed by atoms with van der Waals surface area (Å²) in [7, 11) is 1.82. The van der Waals surface area contributed by atoms with Crippen LogP contribution < -0.4 is 15.4 Å². The molecule has 1 heterocycles. The van der Waals surface area contributed by atoms with Gasteiger partial charge in [-0.25, -0.2) is 0 Å². The van der Waals surface area contributed by atoms with Gasteiger partial charge in [-0.1, -0.05) is 25.0 Å². The zero-order valence-electron chi connectivity index (χ0n) is 16.2. The van der Waals surface area contributed by atoms with E-state index in [1.54, 1.807) is 0 Å². The van der Waals surface area contributed by atoms with E-state index < -0.39 is 0 Å². The van der Waals surface area contributed by atoms with Crippen LogP contribution >= 0.6 is 0 Å². The summed E-state index contributed by atoms with van der Waals surface area (Å²) in [6.07, 6.45) is 7.87. The van der Waals surface area contributed by atoms with Gasteiger partial charge in [0.05, 0.1) is 6.10 Å². The standard InChI is InChI=1S/C21H33N3O2/c1-16-7-10-18(20(13-16)26-15-19-6-4-12-25-19)14-24-21(22-2)23-11-3-5-17-8-9-17/h7,10,13,17,19H,3-6,8-9,11-12,14-15H2,1-2H3,(H2,22,23,24). The quantitative estimate of drug-likeness (QED) is 0.403. The fraction of sp³-hybridized carbons (Fsp3) is 0.667. The lowest BCUT2D eigenvalue weighted by atomic mass is 10.1. The van der Waals surface area contributed by atoms with Crippen LogP contribution in [0.15, 0.2) is 23.2 Å². The second-order valence-corrected chi connectivity index (χ2v) is 7.50. The minimum atomic E-state index is 0.234. The Kier molecular flexibility index (Phi) is 7.18. The average Bonchev–Trinajstić information content (AvgIpc) is 3.33. The first kappa shape index (κ1) is 19.0. The summed E-state index contributed by atoms with van der Waals surface area (Å²) in [6.45, 7) is 5.26. The summed E-state index contributed by atoms with van der Waals surface area (Å²) >= 11 is 0. The van der Waals surface area contributed by atoms with Gasteiger partial charge in [0.1, 0.15) is 12.4 Å². The molecule has 0 bridgehead atoms. The Hall–Kier alpha value is -1.75. The summed E-state index contributed by atoms with van der Waals surface area (Å²) < 4.78 is 11.7. The first-order valence-corrected chi connectivity index (χ1v) is 10.0. The molecule has 1 saturated carbocycles. The van der Waals surface area contributed by atoms with Crippen molar-refractivity contribution in [2.45, 2.75) is 58.1 Å². The van der Waals surface area contributed by atoms with E-state index in [1.807, 2.05) is 7.05 Å². The van der Waals surface area contributed by atoms with Crippen LogP contribution in [0, 0.1) is 12.8 Å². The van der Waals surface area contributed by atoms with Crippen LogP contribution in [0.5, 0.6) is 5.75 Å². The van der Waals surface area contributed by atoms with Crippen molar-refractivity contribution >= 4 is 5.96 Å². The van der Waals surface area contributed by atoms with Crippen molar-refractivity contribution in [2.24, 2.45) is 10.9 Å². The summed E-state index contributed by atoms with van der Waals surface area (Å²) in [5.74, 6) is 2.78. The first-order valence-electron chi connectivity index (χ1n) is 10.0. The number of hydrogen-bond donors (Lipinski definition) is 2. The van der Waals surface area contributed by atoms with E-state index in [0.29, 0.717) is 13.2 Å². The van der Waals surface area contributed by atoms with Crippen molar-refractivity contribution in [1.82, 2.24) is 10.6 Å². The lowest BCUT2D eigenvalue weighted by Crippen LogP contribution is -2.37. The van der Waals surface area contributed by atoms with Crippen molar-refractivity contribution in [2.75, 3.05) is 26.8 Å². The smallest absolute Gasteiger partial charge is 0.191 e. The van der Waals surface area contributed by atoms with Gasteiger partial charge in [0.2, 0.25) is 0 Å². The van der Waals surface area contributed by atoms with Gasteiger partial charge in [-0.05, 0) is 50.2 Å². The van der Waals surface area contributed by atoms with E-state index in [9.17, 15) is 0 Å². The van der Waals surface area contributed by atoms with Crippen LogP contribution in [0.2, 0.25) is 0 Å². The Bertz CT molecular complexity index is 593. The Labute approximate surface area is 157 Å². The monoisotopic (exact) mass is 359 g/mol. The van der Waals surface area contributed by atoms with E-state index in [-0.39, 0.29) is 6.10 Å². The lowest BCUT2D eigenvalue weighted by Gasteiger charge is -2.17. The number of rotatable bonds is 9. The predicted octanol–water partition coefficient (Wildman–Crippen LogP) is 3.41. The number of ether oxygens (including phenoxy) is 2. The minimum absolute atomic E-state index is 0.234. The van der Waals surface area contributed by atoms with Crippen LogP contribution in [0.1, 0.15) is 49.7 Å². The second-order valence-electron chi connectivity index (χ2n) is 7.50. The summed E-state index contributed by atoms with van der Waals surface area (Å²) in [5, 5.41) is 6.81. The van der Waals surface area contributed by atoms with Gasteiger partial charge >= 0.3 is 0 Å². The molecule has 1 aliphatic carbocycles. The van der Waals surface area contributed by atoms with Crippen molar-refractivity contribution in [3.8, 4) is 5.75 Å². The molecule has 3 rings (SSSR count). The maximum absolute atomic E-state index is 6.07. The highest BCUT2D eigenvalue weighted by molar-refractivity contribution is 5.79. The van der Waals surface area contributed by atoms with Gasteiger partial charge < -0.3 is 20.1 Å². The molecule has 0 radical (unpaired) electrons. The molecule has 26 heavy (non-hydrogen) atoms. The number of aliphatic imine (C=N–C) groups is 1. The zero-order chi connectivity index (χ0) is 18.2. The highest BCUT2D eigenvalue weighted by Crippen LogP contribution is 2.33. The molecule has 1 aromatic carbocycles. The largest absolute Gasteiger partial charge is 0.491 e. The lowest BCUT2D eigenvalue weighted by molar-refractivity contribution is 0.0676.